The third-order valence-electron chi connectivity index (χ3n) is 5.24. The summed E-state index contributed by atoms with van der Waals surface area (Å²) in [5.74, 6) is 0.0885. The summed E-state index contributed by atoms with van der Waals surface area (Å²) in [5.41, 5.74) is 2.93. The molecule has 0 spiro atoms. The molecule has 0 saturated carbocycles. The summed E-state index contributed by atoms with van der Waals surface area (Å²) < 4.78 is 0. The van der Waals surface area contributed by atoms with Crippen LogP contribution >= 0.6 is 0 Å². The van der Waals surface area contributed by atoms with Crippen LogP contribution < -0.4 is 5.32 Å². The molecule has 0 aliphatic carbocycles. The molecular weight excluding hydrogens is 312 g/mol. The van der Waals surface area contributed by atoms with E-state index in [1.54, 1.807) is 0 Å². The zero-order valence-corrected chi connectivity index (χ0v) is 15.9. The number of piperidine rings is 1. The van der Waals surface area contributed by atoms with Crippen LogP contribution in [0.3, 0.4) is 0 Å². The number of rotatable bonds is 7. The predicted molar refractivity (Wildman–Crippen MR) is 102 cm³/mol. The van der Waals surface area contributed by atoms with E-state index >= 15 is 0 Å². The Bertz CT molecular complexity index is 598. The summed E-state index contributed by atoms with van der Waals surface area (Å²) in [6.45, 7) is 8.23. The highest BCUT2D eigenvalue weighted by atomic mass is 16.2. The Morgan fingerprint density at radius 1 is 1.20 bits per heavy atom. The number of hydrogen-bond acceptors (Lipinski definition) is 2. The molecule has 1 aromatic carbocycles. The van der Waals surface area contributed by atoms with Gasteiger partial charge in [0.1, 0.15) is 0 Å². The Labute approximate surface area is 152 Å². The summed E-state index contributed by atoms with van der Waals surface area (Å²) in [6, 6.07) is 5.85. The second-order valence-electron chi connectivity index (χ2n) is 7.19. The van der Waals surface area contributed by atoms with Crippen LogP contribution in [0, 0.1) is 19.8 Å². The normalized spacial score (nSPS) is 17.4. The van der Waals surface area contributed by atoms with Crippen molar-refractivity contribution in [1.82, 2.24) is 10.2 Å². The monoisotopic (exact) mass is 344 g/mol. The van der Waals surface area contributed by atoms with Gasteiger partial charge in [-0.2, -0.15) is 0 Å². The van der Waals surface area contributed by atoms with Crippen LogP contribution in [0.2, 0.25) is 0 Å². The third-order valence-corrected chi connectivity index (χ3v) is 5.24. The lowest BCUT2D eigenvalue weighted by Gasteiger charge is -2.32. The number of carbonyl (C=O) groups excluding carboxylic acids is 2. The lowest BCUT2D eigenvalue weighted by molar-refractivity contribution is -0.126. The molecule has 0 unspecified atom stereocenters. The van der Waals surface area contributed by atoms with Gasteiger partial charge in [0.05, 0.1) is 5.92 Å². The van der Waals surface area contributed by atoms with Gasteiger partial charge in [0.2, 0.25) is 5.91 Å². The number of benzene rings is 1. The van der Waals surface area contributed by atoms with Crippen LogP contribution in [-0.2, 0) is 4.79 Å². The number of nitrogens with zero attached hydrogens (tertiary/aromatic N) is 1. The molecule has 4 nitrogen and oxygen atoms in total. The number of likely N-dealkylation sites (tertiary alicyclic amines) is 1. The molecule has 1 atom stereocenters. The Hall–Kier alpha value is -1.84. The fourth-order valence-corrected chi connectivity index (χ4v) is 3.44. The van der Waals surface area contributed by atoms with E-state index in [1.807, 2.05) is 36.9 Å². The van der Waals surface area contributed by atoms with Gasteiger partial charge < -0.3 is 10.2 Å². The maximum absolute atomic E-state index is 12.9. The highest BCUT2D eigenvalue weighted by Crippen LogP contribution is 2.21. The summed E-state index contributed by atoms with van der Waals surface area (Å²) in [7, 11) is 0. The van der Waals surface area contributed by atoms with E-state index < -0.39 is 0 Å². The van der Waals surface area contributed by atoms with E-state index in [1.165, 1.54) is 19.3 Å². The van der Waals surface area contributed by atoms with Gasteiger partial charge in [-0.15, -0.1) is 0 Å². The molecular formula is C21H32N2O2. The second-order valence-corrected chi connectivity index (χ2v) is 7.19. The SMILES string of the molecule is CCCCCCNC(=O)[C@@H]1CCCN(C(=O)c2cccc(C)c2C)C1. The number of carbonyl (C=O) groups is 2. The highest BCUT2D eigenvalue weighted by molar-refractivity contribution is 5.96. The standard InChI is InChI=1S/C21H32N2O2/c1-4-5-6-7-13-22-20(24)18-11-9-14-23(15-18)21(25)19-12-8-10-16(2)17(19)3/h8,10,12,18H,4-7,9,11,13-15H2,1-3H3,(H,22,24)/t18-/m1/s1. The lowest BCUT2D eigenvalue weighted by Crippen LogP contribution is -2.45. The molecule has 2 rings (SSSR count). The van der Waals surface area contributed by atoms with Crippen LogP contribution in [0.15, 0.2) is 18.2 Å². The molecule has 0 bridgehead atoms. The average molecular weight is 344 g/mol. The van der Waals surface area contributed by atoms with E-state index in [0.29, 0.717) is 6.54 Å². The molecule has 0 aromatic heterocycles. The van der Waals surface area contributed by atoms with Crippen LogP contribution in [0.1, 0.15) is 66.9 Å². The van der Waals surface area contributed by atoms with Crippen molar-refractivity contribution in [3.8, 4) is 0 Å². The Balaban J connectivity index is 1.90. The number of aryl methyl sites for hydroxylation is 1. The van der Waals surface area contributed by atoms with Crippen molar-refractivity contribution in [2.45, 2.75) is 59.3 Å². The Kier molecular flexibility index (Phi) is 7.48. The Morgan fingerprint density at radius 2 is 2.00 bits per heavy atom. The first kappa shape index (κ1) is 19.5. The first-order valence-electron chi connectivity index (χ1n) is 9.67. The van der Waals surface area contributed by atoms with E-state index in [-0.39, 0.29) is 17.7 Å². The lowest BCUT2D eigenvalue weighted by atomic mass is 9.95. The highest BCUT2D eigenvalue weighted by Gasteiger charge is 2.29. The maximum atomic E-state index is 12.9. The fraction of sp³-hybridized carbons (Fsp3) is 0.619. The van der Waals surface area contributed by atoms with Crippen molar-refractivity contribution in [2.75, 3.05) is 19.6 Å². The van der Waals surface area contributed by atoms with E-state index in [9.17, 15) is 9.59 Å². The second kappa shape index (κ2) is 9.59. The minimum atomic E-state index is -0.0750. The maximum Gasteiger partial charge on any atom is 0.254 e. The topological polar surface area (TPSA) is 49.4 Å². The number of nitrogens with one attached hydrogen (secondary N) is 1. The zero-order chi connectivity index (χ0) is 18.2. The number of hydrogen-bond donors (Lipinski definition) is 1. The molecule has 1 aliphatic rings. The van der Waals surface area contributed by atoms with Crippen LogP contribution in [0.4, 0.5) is 0 Å². The molecule has 1 aromatic rings. The van der Waals surface area contributed by atoms with Crippen molar-refractivity contribution in [3.63, 3.8) is 0 Å². The van der Waals surface area contributed by atoms with Crippen LogP contribution in [0.5, 0.6) is 0 Å². The number of unbranched alkanes of at least 4 members (excludes halogenated alkanes) is 3. The van der Waals surface area contributed by atoms with Gasteiger partial charge in [-0.1, -0.05) is 38.3 Å². The molecule has 1 aliphatic heterocycles. The Morgan fingerprint density at radius 3 is 2.76 bits per heavy atom. The van der Waals surface area contributed by atoms with Gasteiger partial charge in [0.15, 0.2) is 0 Å². The van der Waals surface area contributed by atoms with Gasteiger partial charge in [-0.3, -0.25) is 9.59 Å². The van der Waals surface area contributed by atoms with Gasteiger partial charge >= 0.3 is 0 Å². The molecule has 1 N–H and O–H groups in total. The molecule has 2 amide bonds. The van der Waals surface area contributed by atoms with Crippen molar-refractivity contribution < 1.29 is 9.59 Å². The van der Waals surface area contributed by atoms with Crippen LogP contribution in [-0.4, -0.2) is 36.3 Å². The van der Waals surface area contributed by atoms with Gasteiger partial charge in [-0.25, -0.2) is 0 Å². The van der Waals surface area contributed by atoms with Gasteiger partial charge in [-0.05, 0) is 50.3 Å². The van der Waals surface area contributed by atoms with E-state index in [4.69, 9.17) is 0 Å². The number of amides is 2. The molecule has 25 heavy (non-hydrogen) atoms. The van der Waals surface area contributed by atoms with Crippen molar-refractivity contribution in [2.24, 2.45) is 5.92 Å². The molecule has 138 valence electrons. The molecule has 1 heterocycles. The third kappa shape index (κ3) is 5.32. The summed E-state index contributed by atoms with van der Waals surface area (Å²) in [6.07, 6.45) is 6.39. The van der Waals surface area contributed by atoms with Crippen molar-refractivity contribution in [3.05, 3.63) is 34.9 Å². The van der Waals surface area contributed by atoms with Gasteiger partial charge in [0.25, 0.3) is 5.91 Å². The smallest absolute Gasteiger partial charge is 0.254 e. The molecule has 1 fully saturated rings. The average Bonchev–Trinajstić information content (AvgIpc) is 2.63. The minimum absolute atomic E-state index is 0.0571. The largest absolute Gasteiger partial charge is 0.356 e. The molecule has 1 saturated heterocycles. The summed E-state index contributed by atoms with van der Waals surface area (Å²) in [4.78, 5) is 27.1. The zero-order valence-electron chi connectivity index (χ0n) is 15.9. The van der Waals surface area contributed by atoms with Gasteiger partial charge in [0, 0.05) is 25.2 Å². The molecule has 4 heteroatoms. The van der Waals surface area contributed by atoms with Crippen molar-refractivity contribution in [1.29, 1.82) is 0 Å². The first-order chi connectivity index (χ1) is 12.0. The first-order valence-corrected chi connectivity index (χ1v) is 9.67. The van der Waals surface area contributed by atoms with E-state index in [0.717, 1.165) is 49.0 Å². The molecule has 0 radical (unpaired) electrons. The minimum Gasteiger partial charge on any atom is -0.356 e. The fourth-order valence-electron chi connectivity index (χ4n) is 3.44. The van der Waals surface area contributed by atoms with E-state index in [2.05, 4.69) is 12.2 Å². The summed E-state index contributed by atoms with van der Waals surface area (Å²) >= 11 is 0. The summed E-state index contributed by atoms with van der Waals surface area (Å²) in [5, 5.41) is 3.05. The predicted octanol–water partition coefficient (Wildman–Crippen LogP) is 3.85. The quantitative estimate of drug-likeness (QED) is 0.764. The van der Waals surface area contributed by atoms with Crippen molar-refractivity contribution >= 4 is 11.8 Å². The van der Waals surface area contributed by atoms with Crippen LogP contribution in [0.25, 0.3) is 0 Å².